The van der Waals surface area contributed by atoms with Gasteiger partial charge in [0.1, 0.15) is 11.2 Å². The zero-order valence-corrected chi connectivity index (χ0v) is 13.9. The van der Waals surface area contributed by atoms with Gasteiger partial charge in [-0.15, -0.1) is 0 Å². The lowest BCUT2D eigenvalue weighted by Gasteiger charge is -2.35. The van der Waals surface area contributed by atoms with Crippen molar-refractivity contribution in [3.8, 4) is 5.75 Å². The molecule has 0 atom stereocenters. The number of nitrogens with two attached hydrogens (primary N) is 1. The summed E-state index contributed by atoms with van der Waals surface area (Å²) in [6, 6.07) is 1.39. The van der Waals surface area contributed by atoms with Crippen molar-refractivity contribution in [2.45, 2.75) is 32.3 Å². The van der Waals surface area contributed by atoms with Gasteiger partial charge in [0, 0.05) is 24.8 Å². The zero-order chi connectivity index (χ0) is 18.8. The number of rotatable bonds is 5. The molecule has 10 nitrogen and oxygen atoms in total. The van der Waals surface area contributed by atoms with Gasteiger partial charge in [0.15, 0.2) is 0 Å². The Balaban J connectivity index is 2.34. The number of hydrogen-bond acceptors (Lipinski definition) is 7. The molecule has 1 fully saturated rings. The van der Waals surface area contributed by atoms with Crippen LogP contribution in [0.4, 0.5) is 11.4 Å². The number of carbonyl (C=O) groups is 1. The first kappa shape index (κ1) is 18.6. The fourth-order valence-corrected chi connectivity index (χ4v) is 3.00. The van der Waals surface area contributed by atoms with Crippen LogP contribution in [0.15, 0.2) is 12.1 Å². The van der Waals surface area contributed by atoms with E-state index in [1.165, 1.54) is 0 Å². The summed E-state index contributed by atoms with van der Waals surface area (Å²) in [5, 5.41) is 34.0. The number of non-ortho nitro benzene ring substituents is 1. The highest BCUT2D eigenvalue weighted by molar-refractivity contribution is 5.95. The van der Waals surface area contributed by atoms with Gasteiger partial charge < -0.3 is 15.2 Å². The van der Waals surface area contributed by atoms with E-state index in [4.69, 9.17) is 4.74 Å². The van der Waals surface area contributed by atoms with E-state index < -0.39 is 44.1 Å². The van der Waals surface area contributed by atoms with Crippen LogP contribution in [-0.4, -0.2) is 39.6 Å². The number of carbonyl (C=O) groups excluding carboxylic acids is 1. The van der Waals surface area contributed by atoms with Gasteiger partial charge in [0.2, 0.25) is 5.75 Å². The Morgan fingerprint density at radius 1 is 1.24 bits per heavy atom. The maximum absolute atomic E-state index is 12.4. The molecule has 1 aliphatic rings. The van der Waals surface area contributed by atoms with Crippen molar-refractivity contribution in [3.63, 3.8) is 0 Å². The van der Waals surface area contributed by atoms with Crippen molar-refractivity contribution in [1.29, 1.82) is 0 Å². The Bertz CT molecular complexity index is 711. The van der Waals surface area contributed by atoms with Crippen LogP contribution >= 0.6 is 0 Å². The lowest BCUT2D eigenvalue weighted by atomic mass is 9.83. The third kappa shape index (κ3) is 4.02. The molecule has 1 aromatic carbocycles. The summed E-state index contributed by atoms with van der Waals surface area (Å²) in [5.74, 6) is -1.87. The third-order valence-corrected chi connectivity index (χ3v) is 4.48. The van der Waals surface area contributed by atoms with Crippen LogP contribution in [0.2, 0.25) is 0 Å². The predicted molar refractivity (Wildman–Crippen MR) is 85.3 cm³/mol. The van der Waals surface area contributed by atoms with Crippen molar-refractivity contribution < 1.29 is 29.8 Å². The Kier molecular flexibility index (Phi) is 5.21. The normalized spacial score (nSPS) is 15.6. The van der Waals surface area contributed by atoms with Crippen LogP contribution < -0.4 is 5.32 Å². The molecule has 0 radical (unpaired) electrons. The van der Waals surface area contributed by atoms with Crippen LogP contribution in [0, 0.1) is 26.1 Å². The Morgan fingerprint density at radius 3 is 2.36 bits per heavy atom. The SMILES string of the molecule is CC(C)(OC(=O)c1cc([N+](=O)[O-])cc([N+](=O)[O-])c1O)C1CC[NH2+]CC1. The maximum atomic E-state index is 12.4. The van der Waals surface area contributed by atoms with Crippen LogP contribution in [0.1, 0.15) is 37.0 Å². The average molecular weight is 354 g/mol. The third-order valence-electron chi connectivity index (χ3n) is 4.48. The van der Waals surface area contributed by atoms with Gasteiger partial charge in [-0.05, 0) is 13.8 Å². The van der Waals surface area contributed by atoms with E-state index in [1.54, 1.807) is 13.8 Å². The number of aromatic hydroxyl groups is 1. The summed E-state index contributed by atoms with van der Waals surface area (Å²) in [4.78, 5) is 32.5. The highest BCUT2D eigenvalue weighted by Crippen LogP contribution is 2.36. The van der Waals surface area contributed by atoms with Crippen molar-refractivity contribution in [2.24, 2.45) is 5.92 Å². The molecule has 0 unspecified atom stereocenters. The number of nitro groups is 2. The van der Waals surface area contributed by atoms with Crippen molar-refractivity contribution >= 4 is 17.3 Å². The number of piperidine rings is 1. The van der Waals surface area contributed by atoms with Gasteiger partial charge in [-0.2, -0.15) is 0 Å². The van der Waals surface area contributed by atoms with Crippen LogP contribution in [0.5, 0.6) is 5.75 Å². The number of phenolic OH excluding ortho intramolecular Hbond substituents is 1. The van der Waals surface area contributed by atoms with Crippen LogP contribution in [-0.2, 0) is 4.74 Å². The largest absolute Gasteiger partial charge is 0.501 e. The van der Waals surface area contributed by atoms with Gasteiger partial charge in [0.25, 0.3) is 5.69 Å². The molecule has 0 bridgehead atoms. The minimum absolute atomic E-state index is 0.0947. The molecule has 0 amide bonds. The van der Waals surface area contributed by atoms with E-state index in [2.05, 4.69) is 5.32 Å². The van der Waals surface area contributed by atoms with Gasteiger partial charge >= 0.3 is 11.7 Å². The number of nitrogens with zero attached hydrogens (tertiary/aromatic N) is 2. The summed E-state index contributed by atoms with van der Waals surface area (Å²) >= 11 is 0. The summed E-state index contributed by atoms with van der Waals surface area (Å²) in [7, 11) is 0. The molecule has 3 N–H and O–H groups in total. The van der Waals surface area contributed by atoms with E-state index in [0.717, 1.165) is 32.0 Å². The first-order valence-electron chi connectivity index (χ1n) is 7.84. The lowest BCUT2D eigenvalue weighted by Crippen LogP contribution is -2.86. The minimum atomic E-state index is -1.02. The average Bonchev–Trinajstić information content (AvgIpc) is 2.54. The standard InChI is InChI=1S/C15H19N3O7/c1-15(2,9-3-5-16-6-4-9)25-14(20)11-7-10(17(21)22)8-12(13(11)19)18(23)24/h7-9,16,19H,3-6H2,1-2H3/p+1. The number of quaternary nitrogens is 1. The molecule has 0 aromatic heterocycles. The molecule has 136 valence electrons. The summed E-state index contributed by atoms with van der Waals surface area (Å²) < 4.78 is 5.46. The number of ether oxygens (including phenoxy) is 1. The Hall–Kier alpha value is -2.75. The fraction of sp³-hybridized carbons (Fsp3) is 0.533. The smallest absolute Gasteiger partial charge is 0.342 e. The molecular formula is C15H20N3O7+. The second-order valence-electron chi connectivity index (χ2n) is 6.51. The van der Waals surface area contributed by atoms with Gasteiger partial charge in [-0.1, -0.05) is 0 Å². The first-order valence-corrected chi connectivity index (χ1v) is 7.84. The molecule has 0 spiro atoms. The van der Waals surface area contributed by atoms with Crippen LogP contribution in [0.3, 0.4) is 0 Å². The van der Waals surface area contributed by atoms with E-state index in [9.17, 15) is 30.1 Å². The Labute approximate surface area is 143 Å². The summed E-state index contributed by atoms with van der Waals surface area (Å²) in [6.45, 7) is 5.26. The number of nitro benzene ring substituents is 2. The van der Waals surface area contributed by atoms with Gasteiger partial charge in [-0.25, -0.2) is 4.79 Å². The molecule has 1 aliphatic heterocycles. The number of esters is 1. The van der Waals surface area contributed by atoms with Gasteiger partial charge in [-0.3, -0.25) is 20.2 Å². The van der Waals surface area contributed by atoms with E-state index >= 15 is 0 Å². The number of phenols is 1. The van der Waals surface area contributed by atoms with E-state index in [-0.39, 0.29) is 5.92 Å². The van der Waals surface area contributed by atoms with Gasteiger partial charge in [0.05, 0.1) is 29.0 Å². The van der Waals surface area contributed by atoms with Crippen molar-refractivity contribution in [1.82, 2.24) is 0 Å². The lowest BCUT2D eigenvalue weighted by molar-refractivity contribution is -0.665. The molecule has 0 aliphatic carbocycles. The molecule has 10 heteroatoms. The highest BCUT2D eigenvalue weighted by Gasteiger charge is 2.37. The first-order chi connectivity index (χ1) is 11.6. The van der Waals surface area contributed by atoms with Crippen LogP contribution in [0.25, 0.3) is 0 Å². The molecular weight excluding hydrogens is 334 g/mol. The summed E-state index contributed by atoms with van der Waals surface area (Å²) in [6.07, 6.45) is 1.67. The maximum Gasteiger partial charge on any atom is 0.342 e. The number of hydrogen-bond donors (Lipinski definition) is 2. The molecule has 1 aromatic rings. The van der Waals surface area contributed by atoms with Crippen molar-refractivity contribution in [3.05, 3.63) is 37.9 Å². The predicted octanol–water partition coefficient (Wildman–Crippen LogP) is 1.12. The fourth-order valence-electron chi connectivity index (χ4n) is 3.00. The molecule has 0 saturated carbocycles. The molecule has 1 saturated heterocycles. The van der Waals surface area contributed by atoms with E-state index in [1.807, 2.05) is 0 Å². The minimum Gasteiger partial charge on any atom is -0.501 e. The Morgan fingerprint density at radius 2 is 1.84 bits per heavy atom. The zero-order valence-electron chi connectivity index (χ0n) is 13.9. The van der Waals surface area contributed by atoms with Crippen molar-refractivity contribution in [2.75, 3.05) is 13.1 Å². The second kappa shape index (κ2) is 7.01. The van der Waals surface area contributed by atoms with E-state index in [0.29, 0.717) is 6.07 Å². The highest BCUT2D eigenvalue weighted by atomic mass is 16.6. The molecule has 2 rings (SSSR count). The topological polar surface area (TPSA) is 149 Å². The quantitative estimate of drug-likeness (QED) is 0.457. The molecule has 25 heavy (non-hydrogen) atoms. The molecule has 1 heterocycles. The number of benzene rings is 1. The monoisotopic (exact) mass is 354 g/mol. The summed E-state index contributed by atoms with van der Waals surface area (Å²) in [5.41, 5.74) is -3.03. The second-order valence-corrected chi connectivity index (χ2v) is 6.51.